The Morgan fingerprint density at radius 2 is 1.84 bits per heavy atom. The summed E-state index contributed by atoms with van der Waals surface area (Å²) in [4.78, 5) is 12.2. The molecule has 2 aromatic carbocycles. The van der Waals surface area contributed by atoms with Gasteiger partial charge in [0, 0.05) is 26.5 Å². The van der Waals surface area contributed by atoms with E-state index in [9.17, 15) is 4.79 Å². The van der Waals surface area contributed by atoms with Gasteiger partial charge >= 0.3 is 0 Å². The Bertz CT molecular complexity index is 638. The zero-order valence-corrected chi connectivity index (χ0v) is 13.3. The molecule has 0 bridgehead atoms. The lowest BCUT2D eigenvalue weighted by atomic mass is 10.0. The second kappa shape index (κ2) is 6.08. The smallest absolute Gasteiger partial charge is 0.167 e. The first-order valence-corrected chi connectivity index (χ1v) is 7.25. The first-order valence-electron chi connectivity index (χ1n) is 5.70. The third-order valence-corrected chi connectivity index (χ3v) is 4.11. The summed E-state index contributed by atoms with van der Waals surface area (Å²) in [7, 11) is 0. The SMILES string of the molecule is Cc1ccc(C(=O)Cc2ccc(Br)cc2Cl)cc1Cl. The largest absolute Gasteiger partial charge is 0.294 e. The van der Waals surface area contributed by atoms with E-state index in [2.05, 4.69) is 15.9 Å². The van der Waals surface area contributed by atoms with Crippen LogP contribution in [-0.2, 0) is 6.42 Å². The highest BCUT2D eigenvalue weighted by Gasteiger charge is 2.11. The van der Waals surface area contributed by atoms with E-state index in [1.54, 1.807) is 18.2 Å². The van der Waals surface area contributed by atoms with Gasteiger partial charge < -0.3 is 0 Å². The number of hydrogen-bond acceptors (Lipinski definition) is 1. The normalized spacial score (nSPS) is 10.5. The summed E-state index contributed by atoms with van der Waals surface area (Å²) >= 11 is 15.5. The molecule has 0 amide bonds. The van der Waals surface area contributed by atoms with Crippen molar-refractivity contribution in [1.29, 1.82) is 0 Å². The van der Waals surface area contributed by atoms with Crippen molar-refractivity contribution in [2.24, 2.45) is 0 Å². The summed E-state index contributed by atoms with van der Waals surface area (Å²) in [6, 6.07) is 10.8. The van der Waals surface area contributed by atoms with Gasteiger partial charge in [-0.1, -0.05) is 57.3 Å². The highest BCUT2D eigenvalue weighted by atomic mass is 79.9. The molecular weight excluding hydrogens is 347 g/mol. The maximum absolute atomic E-state index is 12.2. The van der Waals surface area contributed by atoms with Crippen LogP contribution in [0.15, 0.2) is 40.9 Å². The second-order valence-electron chi connectivity index (χ2n) is 4.30. The zero-order chi connectivity index (χ0) is 14.0. The molecule has 0 fully saturated rings. The van der Waals surface area contributed by atoms with Crippen LogP contribution in [0.2, 0.25) is 10.0 Å². The van der Waals surface area contributed by atoms with Crippen molar-refractivity contribution < 1.29 is 4.79 Å². The molecule has 2 aromatic rings. The lowest BCUT2D eigenvalue weighted by Gasteiger charge is -2.06. The van der Waals surface area contributed by atoms with Gasteiger partial charge in [0.15, 0.2) is 5.78 Å². The third-order valence-electron chi connectivity index (χ3n) is 2.86. The average Bonchev–Trinajstić information content (AvgIpc) is 2.36. The van der Waals surface area contributed by atoms with E-state index in [-0.39, 0.29) is 12.2 Å². The maximum atomic E-state index is 12.2. The maximum Gasteiger partial charge on any atom is 0.167 e. The summed E-state index contributed by atoms with van der Waals surface area (Å²) in [6.07, 6.45) is 0.269. The highest BCUT2D eigenvalue weighted by Crippen LogP contribution is 2.23. The molecule has 0 aliphatic carbocycles. The van der Waals surface area contributed by atoms with Gasteiger partial charge in [-0.25, -0.2) is 0 Å². The van der Waals surface area contributed by atoms with Gasteiger partial charge in [-0.15, -0.1) is 0 Å². The summed E-state index contributed by atoms with van der Waals surface area (Å²) < 4.78 is 0.895. The molecule has 0 saturated carbocycles. The van der Waals surface area contributed by atoms with E-state index >= 15 is 0 Å². The molecule has 0 N–H and O–H groups in total. The van der Waals surface area contributed by atoms with Gasteiger partial charge in [0.2, 0.25) is 0 Å². The Labute approximate surface area is 130 Å². The van der Waals surface area contributed by atoms with Gasteiger partial charge in [0.1, 0.15) is 0 Å². The van der Waals surface area contributed by atoms with Gasteiger partial charge in [-0.05, 0) is 36.2 Å². The number of ketones is 1. The van der Waals surface area contributed by atoms with Crippen LogP contribution in [0, 0.1) is 6.92 Å². The lowest BCUT2D eigenvalue weighted by molar-refractivity contribution is 0.0993. The van der Waals surface area contributed by atoms with E-state index in [0.717, 1.165) is 15.6 Å². The molecule has 0 aliphatic heterocycles. The Kier molecular flexibility index (Phi) is 4.67. The van der Waals surface area contributed by atoms with Crippen LogP contribution in [0.3, 0.4) is 0 Å². The Balaban J connectivity index is 2.23. The lowest BCUT2D eigenvalue weighted by Crippen LogP contribution is -2.04. The molecule has 0 unspecified atom stereocenters. The molecule has 0 spiro atoms. The van der Waals surface area contributed by atoms with Crippen LogP contribution < -0.4 is 0 Å². The van der Waals surface area contributed by atoms with Crippen molar-refractivity contribution in [3.8, 4) is 0 Å². The first kappa shape index (κ1) is 14.6. The number of carbonyl (C=O) groups is 1. The van der Waals surface area contributed by atoms with E-state index in [1.807, 2.05) is 25.1 Å². The van der Waals surface area contributed by atoms with Crippen LogP contribution in [0.5, 0.6) is 0 Å². The molecule has 0 aromatic heterocycles. The number of hydrogen-bond donors (Lipinski definition) is 0. The topological polar surface area (TPSA) is 17.1 Å². The van der Waals surface area contributed by atoms with Gasteiger partial charge in [-0.3, -0.25) is 4.79 Å². The van der Waals surface area contributed by atoms with Crippen molar-refractivity contribution in [1.82, 2.24) is 0 Å². The van der Waals surface area contributed by atoms with Crippen LogP contribution in [0.4, 0.5) is 0 Å². The molecule has 0 atom stereocenters. The summed E-state index contributed by atoms with van der Waals surface area (Å²) in [6.45, 7) is 1.90. The minimum Gasteiger partial charge on any atom is -0.294 e. The first-order chi connectivity index (χ1) is 8.97. The molecule has 2 rings (SSSR count). The number of rotatable bonds is 3. The average molecular weight is 358 g/mol. The quantitative estimate of drug-likeness (QED) is 0.664. The number of carbonyl (C=O) groups excluding carboxylic acids is 1. The molecule has 0 saturated heterocycles. The number of benzene rings is 2. The number of Topliss-reactive ketones (excluding diaryl/α,β-unsaturated/α-hetero) is 1. The zero-order valence-electron chi connectivity index (χ0n) is 10.2. The van der Waals surface area contributed by atoms with Crippen molar-refractivity contribution in [3.63, 3.8) is 0 Å². The van der Waals surface area contributed by atoms with Gasteiger partial charge in [0.05, 0.1) is 0 Å². The Morgan fingerprint density at radius 1 is 1.11 bits per heavy atom. The van der Waals surface area contributed by atoms with Gasteiger partial charge in [0.25, 0.3) is 0 Å². The standard InChI is InChI=1S/C15H11BrCl2O/c1-9-2-3-11(6-13(9)17)15(19)7-10-4-5-12(16)8-14(10)18/h2-6,8H,7H2,1H3. The fourth-order valence-corrected chi connectivity index (χ4v) is 2.63. The van der Waals surface area contributed by atoms with E-state index in [4.69, 9.17) is 23.2 Å². The van der Waals surface area contributed by atoms with E-state index in [0.29, 0.717) is 15.6 Å². The predicted octanol–water partition coefficient (Wildman–Crippen LogP) is 5.49. The van der Waals surface area contributed by atoms with E-state index in [1.165, 1.54) is 0 Å². The van der Waals surface area contributed by atoms with Crippen LogP contribution in [0.25, 0.3) is 0 Å². The van der Waals surface area contributed by atoms with Crippen molar-refractivity contribution in [2.45, 2.75) is 13.3 Å². The van der Waals surface area contributed by atoms with Crippen molar-refractivity contribution in [2.75, 3.05) is 0 Å². The molecule has 19 heavy (non-hydrogen) atoms. The number of halogens is 3. The summed E-state index contributed by atoms with van der Waals surface area (Å²) in [5.41, 5.74) is 2.38. The van der Waals surface area contributed by atoms with Gasteiger partial charge in [-0.2, -0.15) is 0 Å². The molecule has 4 heteroatoms. The molecule has 1 nitrogen and oxygen atoms in total. The Morgan fingerprint density at radius 3 is 2.47 bits per heavy atom. The number of aryl methyl sites for hydroxylation is 1. The second-order valence-corrected chi connectivity index (χ2v) is 6.03. The Hall–Kier alpha value is -0.830. The van der Waals surface area contributed by atoms with E-state index < -0.39 is 0 Å². The van der Waals surface area contributed by atoms with Crippen molar-refractivity contribution in [3.05, 3.63) is 67.6 Å². The highest BCUT2D eigenvalue weighted by molar-refractivity contribution is 9.10. The third kappa shape index (κ3) is 3.59. The fourth-order valence-electron chi connectivity index (χ4n) is 1.71. The molecule has 0 heterocycles. The summed E-state index contributed by atoms with van der Waals surface area (Å²) in [5, 5.41) is 1.19. The monoisotopic (exact) mass is 356 g/mol. The van der Waals surface area contributed by atoms with Crippen LogP contribution >= 0.6 is 39.1 Å². The van der Waals surface area contributed by atoms with Crippen molar-refractivity contribution >= 4 is 44.9 Å². The van der Waals surface area contributed by atoms with Crippen LogP contribution in [0.1, 0.15) is 21.5 Å². The minimum atomic E-state index is 0.00567. The molecular formula is C15H11BrCl2O. The minimum absolute atomic E-state index is 0.00567. The summed E-state index contributed by atoms with van der Waals surface area (Å²) in [5.74, 6) is 0.00567. The fraction of sp³-hybridized carbons (Fsp3) is 0.133. The molecule has 98 valence electrons. The predicted molar refractivity (Wildman–Crippen MR) is 83.4 cm³/mol. The molecule has 0 radical (unpaired) electrons. The molecule has 0 aliphatic rings. The van der Waals surface area contributed by atoms with Crippen LogP contribution in [-0.4, -0.2) is 5.78 Å².